The lowest BCUT2D eigenvalue weighted by atomic mass is 10.1. The van der Waals surface area contributed by atoms with Crippen LogP contribution in [0.3, 0.4) is 0 Å². The number of alkyl halides is 3. The molecule has 1 heterocycles. The minimum atomic E-state index is -4.82. The summed E-state index contributed by atoms with van der Waals surface area (Å²) in [5.41, 5.74) is 1.93. The summed E-state index contributed by atoms with van der Waals surface area (Å²) in [5, 5.41) is 8.07. The maximum Gasteiger partial charge on any atom is 0.573 e. The molecule has 0 saturated heterocycles. The molecule has 0 unspecified atom stereocenters. The fourth-order valence-corrected chi connectivity index (χ4v) is 3.41. The summed E-state index contributed by atoms with van der Waals surface area (Å²) in [6, 6.07) is 20.3. The summed E-state index contributed by atoms with van der Waals surface area (Å²) in [6.07, 6.45) is -4.82. The maximum absolute atomic E-state index is 12.8. The summed E-state index contributed by atoms with van der Waals surface area (Å²) in [7, 11) is 0. The maximum atomic E-state index is 12.8. The number of carbonyl (C=O) groups excluding carboxylic acids is 1. The molecule has 4 rings (SSSR count). The van der Waals surface area contributed by atoms with Crippen LogP contribution in [-0.2, 0) is 0 Å². The molecule has 0 atom stereocenters. The topological polar surface area (TPSA) is 56.2 Å². The average Bonchev–Trinajstić information content (AvgIpc) is 3.19. The second-order valence-electron chi connectivity index (χ2n) is 6.81. The molecule has 4 aromatic rings. The Morgan fingerprint density at radius 1 is 0.939 bits per heavy atom. The second kappa shape index (κ2) is 9.17. The molecule has 10 heteroatoms. The molecule has 1 amide bonds. The lowest BCUT2D eigenvalue weighted by molar-refractivity contribution is -0.274. The second-order valence-corrected chi connectivity index (χ2v) is 7.66. The molecule has 3 aromatic carbocycles. The van der Waals surface area contributed by atoms with Crippen molar-refractivity contribution in [3.05, 3.63) is 94.5 Å². The van der Waals surface area contributed by atoms with Crippen LogP contribution in [0, 0.1) is 0 Å². The van der Waals surface area contributed by atoms with Crippen molar-refractivity contribution in [1.29, 1.82) is 0 Å². The van der Waals surface area contributed by atoms with Crippen molar-refractivity contribution in [1.82, 2.24) is 9.78 Å². The number of anilines is 1. The van der Waals surface area contributed by atoms with Crippen LogP contribution < -0.4 is 10.1 Å². The van der Waals surface area contributed by atoms with Crippen LogP contribution in [0.15, 0.2) is 78.9 Å². The molecule has 0 fully saturated rings. The van der Waals surface area contributed by atoms with Crippen molar-refractivity contribution < 1.29 is 22.7 Å². The third-order valence-electron chi connectivity index (χ3n) is 4.51. The number of benzene rings is 3. The van der Waals surface area contributed by atoms with Crippen LogP contribution in [0.2, 0.25) is 10.0 Å². The minimum absolute atomic E-state index is 0.121. The predicted octanol–water partition coefficient (Wildman–Crippen LogP) is 7.00. The average molecular weight is 492 g/mol. The fraction of sp³-hybridized carbons (Fsp3) is 0.0435. The van der Waals surface area contributed by atoms with E-state index in [1.165, 1.54) is 16.8 Å². The van der Waals surface area contributed by atoms with Crippen molar-refractivity contribution >= 4 is 34.9 Å². The van der Waals surface area contributed by atoms with E-state index in [1.807, 2.05) is 30.3 Å². The van der Waals surface area contributed by atoms with E-state index in [-0.39, 0.29) is 5.56 Å². The monoisotopic (exact) mass is 491 g/mol. The van der Waals surface area contributed by atoms with Gasteiger partial charge in [0.1, 0.15) is 11.6 Å². The molecule has 0 bridgehead atoms. The predicted molar refractivity (Wildman–Crippen MR) is 120 cm³/mol. The van der Waals surface area contributed by atoms with Crippen LogP contribution in [0.25, 0.3) is 16.9 Å². The standard InChI is InChI=1S/C23H14Cl2F3N3O2/c24-16-8-11-18(25)20(12-16)31-21(13-19(30-31)14-4-2-1-3-5-14)29-22(32)15-6-9-17(10-7-15)33-23(26,27)28/h1-13H,(H,29,32). The van der Waals surface area contributed by atoms with Crippen molar-refractivity contribution in [3.63, 3.8) is 0 Å². The van der Waals surface area contributed by atoms with Gasteiger partial charge in [0.05, 0.1) is 16.4 Å². The molecule has 33 heavy (non-hydrogen) atoms. The van der Waals surface area contributed by atoms with Gasteiger partial charge in [0.2, 0.25) is 0 Å². The summed E-state index contributed by atoms with van der Waals surface area (Å²) >= 11 is 12.5. The Labute approximate surface area is 196 Å². The van der Waals surface area contributed by atoms with Crippen LogP contribution >= 0.6 is 23.2 Å². The molecule has 0 aliphatic heterocycles. The molecule has 168 valence electrons. The largest absolute Gasteiger partial charge is 0.573 e. The first-order chi connectivity index (χ1) is 15.7. The fourth-order valence-electron chi connectivity index (χ4n) is 3.05. The van der Waals surface area contributed by atoms with E-state index in [0.717, 1.165) is 17.7 Å². The number of nitrogens with one attached hydrogen (secondary N) is 1. The number of rotatable bonds is 5. The third-order valence-corrected chi connectivity index (χ3v) is 5.06. The Morgan fingerprint density at radius 2 is 1.64 bits per heavy atom. The smallest absolute Gasteiger partial charge is 0.406 e. The number of aromatic nitrogens is 2. The number of hydrogen-bond donors (Lipinski definition) is 1. The zero-order valence-electron chi connectivity index (χ0n) is 16.6. The van der Waals surface area contributed by atoms with Crippen molar-refractivity contribution in [2.75, 3.05) is 5.32 Å². The summed E-state index contributed by atoms with van der Waals surface area (Å²) in [5.74, 6) is -0.702. The van der Waals surface area contributed by atoms with Crippen molar-refractivity contribution in [2.24, 2.45) is 0 Å². The van der Waals surface area contributed by atoms with Gasteiger partial charge in [-0.3, -0.25) is 4.79 Å². The number of nitrogens with zero attached hydrogens (tertiary/aromatic N) is 2. The molecule has 0 aliphatic carbocycles. The zero-order valence-corrected chi connectivity index (χ0v) is 18.1. The summed E-state index contributed by atoms with van der Waals surface area (Å²) in [6.45, 7) is 0. The quantitative estimate of drug-likeness (QED) is 0.327. The lowest BCUT2D eigenvalue weighted by Crippen LogP contribution is -2.18. The molecule has 5 nitrogen and oxygen atoms in total. The van der Waals surface area contributed by atoms with Crippen LogP contribution in [-0.4, -0.2) is 22.1 Å². The van der Waals surface area contributed by atoms with Crippen LogP contribution in [0.5, 0.6) is 5.75 Å². The lowest BCUT2D eigenvalue weighted by Gasteiger charge is -2.11. The molecule has 0 spiro atoms. The molecule has 0 saturated carbocycles. The van der Waals surface area contributed by atoms with Gasteiger partial charge >= 0.3 is 6.36 Å². The van der Waals surface area contributed by atoms with Crippen molar-refractivity contribution in [2.45, 2.75) is 6.36 Å². The van der Waals surface area contributed by atoms with Gasteiger partial charge in [-0.2, -0.15) is 5.10 Å². The number of hydrogen-bond acceptors (Lipinski definition) is 3. The Morgan fingerprint density at radius 3 is 2.30 bits per heavy atom. The van der Waals surface area contributed by atoms with E-state index in [1.54, 1.807) is 24.3 Å². The SMILES string of the molecule is O=C(Nc1cc(-c2ccccc2)nn1-c1cc(Cl)ccc1Cl)c1ccc(OC(F)(F)F)cc1. The van der Waals surface area contributed by atoms with E-state index in [4.69, 9.17) is 23.2 Å². The van der Waals surface area contributed by atoms with Crippen LogP contribution in [0.1, 0.15) is 10.4 Å². The molecular formula is C23H14Cl2F3N3O2. The zero-order chi connectivity index (χ0) is 23.6. The molecular weight excluding hydrogens is 478 g/mol. The minimum Gasteiger partial charge on any atom is -0.406 e. The number of halogens is 5. The number of carbonyl (C=O) groups is 1. The highest BCUT2D eigenvalue weighted by Gasteiger charge is 2.31. The van der Waals surface area contributed by atoms with E-state index in [9.17, 15) is 18.0 Å². The van der Waals surface area contributed by atoms with Gasteiger partial charge in [-0.05, 0) is 42.5 Å². The van der Waals surface area contributed by atoms with E-state index >= 15 is 0 Å². The Balaban J connectivity index is 1.68. The van der Waals surface area contributed by atoms with Gasteiger partial charge in [0.15, 0.2) is 0 Å². The highest BCUT2D eigenvalue weighted by Crippen LogP contribution is 2.30. The molecule has 1 N–H and O–H groups in total. The number of ether oxygens (including phenoxy) is 1. The summed E-state index contributed by atoms with van der Waals surface area (Å²) in [4.78, 5) is 12.8. The first-order valence-corrected chi connectivity index (χ1v) is 10.2. The first-order valence-electron chi connectivity index (χ1n) is 9.48. The highest BCUT2D eigenvalue weighted by atomic mass is 35.5. The van der Waals surface area contributed by atoms with Gasteiger partial charge in [0, 0.05) is 22.2 Å². The normalized spacial score (nSPS) is 11.3. The molecule has 0 radical (unpaired) electrons. The van der Waals surface area contributed by atoms with E-state index in [0.29, 0.717) is 27.2 Å². The first kappa shape index (κ1) is 22.7. The van der Waals surface area contributed by atoms with Gasteiger partial charge < -0.3 is 10.1 Å². The van der Waals surface area contributed by atoms with E-state index in [2.05, 4.69) is 15.2 Å². The van der Waals surface area contributed by atoms with Crippen molar-refractivity contribution in [3.8, 4) is 22.7 Å². The Bertz CT molecular complexity index is 1290. The van der Waals surface area contributed by atoms with Gasteiger partial charge in [-0.15, -0.1) is 13.2 Å². The van der Waals surface area contributed by atoms with Gasteiger partial charge in [-0.1, -0.05) is 53.5 Å². The molecule has 0 aliphatic rings. The Kier molecular flexibility index (Phi) is 6.31. The van der Waals surface area contributed by atoms with Gasteiger partial charge in [0.25, 0.3) is 5.91 Å². The van der Waals surface area contributed by atoms with E-state index < -0.39 is 18.0 Å². The molecule has 1 aromatic heterocycles. The van der Waals surface area contributed by atoms with Gasteiger partial charge in [-0.25, -0.2) is 4.68 Å². The van der Waals surface area contributed by atoms with Crippen LogP contribution in [0.4, 0.5) is 19.0 Å². The third kappa shape index (κ3) is 5.47. The Hall–Kier alpha value is -3.49. The summed E-state index contributed by atoms with van der Waals surface area (Å²) < 4.78 is 42.4. The number of amides is 1. The highest BCUT2D eigenvalue weighted by molar-refractivity contribution is 6.34.